The molecule has 0 unspecified atom stereocenters. The fraction of sp³-hybridized carbons (Fsp3) is 0.533. The normalized spacial score (nSPS) is 18.6. The van der Waals surface area contributed by atoms with Crippen LogP contribution in [0, 0.1) is 5.82 Å². The van der Waals surface area contributed by atoms with Crippen molar-refractivity contribution in [1.29, 1.82) is 0 Å². The molecule has 1 aliphatic heterocycles. The van der Waals surface area contributed by atoms with E-state index in [0.717, 1.165) is 38.2 Å². The van der Waals surface area contributed by atoms with Crippen LogP contribution in [-0.4, -0.2) is 48.6 Å². The zero-order valence-electron chi connectivity index (χ0n) is 11.9. The summed E-state index contributed by atoms with van der Waals surface area (Å²) in [5.41, 5.74) is 6.46. The molecule has 0 radical (unpaired) electrons. The number of urea groups is 1. The molecule has 1 saturated heterocycles. The molecule has 2 rings (SSSR count). The molecule has 1 fully saturated rings. The van der Waals surface area contributed by atoms with Crippen LogP contribution in [0.3, 0.4) is 0 Å². The average Bonchev–Trinajstić information content (AvgIpc) is 2.65. The zero-order chi connectivity index (χ0) is 14.5. The van der Waals surface area contributed by atoms with E-state index in [9.17, 15) is 9.18 Å². The summed E-state index contributed by atoms with van der Waals surface area (Å²) in [5, 5.41) is 0. The van der Waals surface area contributed by atoms with Crippen LogP contribution in [0.15, 0.2) is 24.3 Å². The molecule has 0 bridgehead atoms. The molecule has 0 spiro atoms. The Balaban J connectivity index is 1.89. The highest BCUT2D eigenvalue weighted by Gasteiger charge is 2.18. The van der Waals surface area contributed by atoms with E-state index in [1.54, 1.807) is 4.90 Å². The van der Waals surface area contributed by atoms with E-state index >= 15 is 0 Å². The second-order valence-electron chi connectivity index (χ2n) is 5.43. The minimum absolute atomic E-state index is 0.201. The van der Waals surface area contributed by atoms with E-state index in [2.05, 4.69) is 11.8 Å². The van der Waals surface area contributed by atoms with Gasteiger partial charge in [-0.3, -0.25) is 0 Å². The maximum atomic E-state index is 12.9. The number of hydrogen-bond donors (Lipinski definition) is 1. The van der Waals surface area contributed by atoms with Gasteiger partial charge in [-0.05, 0) is 36.6 Å². The first-order valence-corrected chi connectivity index (χ1v) is 7.08. The van der Waals surface area contributed by atoms with Gasteiger partial charge in [0.2, 0.25) is 0 Å². The lowest BCUT2D eigenvalue weighted by Crippen LogP contribution is -2.39. The molecule has 1 aromatic rings. The smallest absolute Gasteiger partial charge is 0.314 e. The van der Waals surface area contributed by atoms with Gasteiger partial charge in [0.25, 0.3) is 0 Å². The number of primary amides is 1. The Kier molecular flexibility index (Phi) is 4.95. The SMILES string of the molecule is C[C@H](CN1CCCN(C(N)=O)CC1)c1ccc(F)cc1. The number of benzene rings is 1. The van der Waals surface area contributed by atoms with Crippen LogP contribution >= 0.6 is 0 Å². The predicted molar refractivity (Wildman–Crippen MR) is 77.0 cm³/mol. The molecule has 2 amide bonds. The van der Waals surface area contributed by atoms with E-state index < -0.39 is 0 Å². The van der Waals surface area contributed by atoms with Gasteiger partial charge in [0, 0.05) is 26.2 Å². The number of carbonyl (C=O) groups excluding carboxylic acids is 1. The minimum Gasteiger partial charge on any atom is -0.351 e. The molecule has 0 saturated carbocycles. The van der Waals surface area contributed by atoms with Gasteiger partial charge in [-0.2, -0.15) is 0 Å². The summed E-state index contributed by atoms with van der Waals surface area (Å²) in [7, 11) is 0. The van der Waals surface area contributed by atoms with E-state index in [1.807, 2.05) is 12.1 Å². The van der Waals surface area contributed by atoms with Crippen LogP contribution in [0.2, 0.25) is 0 Å². The molecular weight excluding hydrogens is 257 g/mol. The number of carbonyl (C=O) groups is 1. The summed E-state index contributed by atoms with van der Waals surface area (Å²) in [6, 6.07) is 6.35. The Bertz CT molecular complexity index is 449. The molecule has 5 heteroatoms. The molecule has 4 nitrogen and oxygen atoms in total. The summed E-state index contributed by atoms with van der Waals surface area (Å²) < 4.78 is 12.9. The number of amides is 2. The Morgan fingerprint density at radius 3 is 2.60 bits per heavy atom. The van der Waals surface area contributed by atoms with Gasteiger partial charge in [0.15, 0.2) is 0 Å². The summed E-state index contributed by atoms with van der Waals surface area (Å²) in [4.78, 5) is 15.2. The number of nitrogens with zero attached hydrogens (tertiary/aromatic N) is 2. The molecule has 2 N–H and O–H groups in total. The lowest BCUT2D eigenvalue weighted by molar-refractivity contribution is 0.207. The van der Waals surface area contributed by atoms with Crippen LogP contribution in [-0.2, 0) is 0 Å². The van der Waals surface area contributed by atoms with Gasteiger partial charge in [-0.25, -0.2) is 9.18 Å². The Labute approximate surface area is 119 Å². The highest BCUT2D eigenvalue weighted by Crippen LogP contribution is 2.18. The molecule has 1 atom stereocenters. The van der Waals surface area contributed by atoms with Gasteiger partial charge in [-0.15, -0.1) is 0 Å². The van der Waals surface area contributed by atoms with Crippen molar-refractivity contribution in [1.82, 2.24) is 9.80 Å². The highest BCUT2D eigenvalue weighted by atomic mass is 19.1. The van der Waals surface area contributed by atoms with Crippen molar-refractivity contribution in [2.75, 3.05) is 32.7 Å². The molecule has 20 heavy (non-hydrogen) atoms. The van der Waals surface area contributed by atoms with Crippen molar-refractivity contribution >= 4 is 6.03 Å². The van der Waals surface area contributed by atoms with Crippen LogP contribution in [0.1, 0.15) is 24.8 Å². The first-order chi connectivity index (χ1) is 9.56. The van der Waals surface area contributed by atoms with Crippen LogP contribution in [0.25, 0.3) is 0 Å². The fourth-order valence-electron chi connectivity index (χ4n) is 2.66. The summed E-state index contributed by atoms with van der Waals surface area (Å²) >= 11 is 0. The van der Waals surface area contributed by atoms with Crippen molar-refractivity contribution < 1.29 is 9.18 Å². The van der Waals surface area contributed by atoms with Crippen LogP contribution in [0.5, 0.6) is 0 Å². The third kappa shape index (κ3) is 3.93. The van der Waals surface area contributed by atoms with E-state index in [1.165, 1.54) is 12.1 Å². The highest BCUT2D eigenvalue weighted by molar-refractivity contribution is 5.71. The third-order valence-corrected chi connectivity index (χ3v) is 3.87. The topological polar surface area (TPSA) is 49.6 Å². The molecular formula is C15H22FN3O. The largest absolute Gasteiger partial charge is 0.351 e. The second kappa shape index (κ2) is 6.70. The first-order valence-electron chi connectivity index (χ1n) is 7.08. The van der Waals surface area contributed by atoms with Crippen molar-refractivity contribution in [3.05, 3.63) is 35.6 Å². The number of hydrogen-bond acceptors (Lipinski definition) is 2. The van der Waals surface area contributed by atoms with Crippen LogP contribution < -0.4 is 5.73 Å². The molecule has 110 valence electrons. The molecule has 1 heterocycles. The number of halogens is 1. The van der Waals surface area contributed by atoms with Crippen molar-refractivity contribution in [2.24, 2.45) is 5.73 Å². The summed E-state index contributed by atoms with van der Waals surface area (Å²) in [6.07, 6.45) is 0.944. The maximum Gasteiger partial charge on any atom is 0.314 e. The van der Waals surface area contributed by atoms with Gasteiger partial charge in [-0.1, -0.05) is 19.1 Å². The molecule has 0 aromatic heterocycles. The number of rotatable bonds is 3. The Hall–Kier alpha value is -1.62. The molecule has 0 aliphatic carbocycles. The summed E-state index contributed by atoms with van der Waals surface area (Å²) in [5.74, 6) is 0.142. The van der Waals surface area contributed by atoms with Gasteiger partial charge in [0.1, 0.15) is 5.82 Å². The van der Waals surface area contributed by atoms with Gasteiger partial charge >= 0.3 is 6.03 Å². The van der Waals surface area contributed by atoms with Crippen molar-refractivity contribution in [2.45, 2.75) is 19.3 Å². The standard InChI is InChI=1S/C15H22FN3O/c1-12(13-3-5-14(16)6-4-13)11-18-7-2-8-19(10-9-18)15(17)20/h3-6,12H,2,7-11H2,1H3,(H2,17,20)/t12-/m1/s1. The van der Waals surface area contributed by atoms with Crippen molar-refractivity contribution in [3.8, 4) is 0 Å². The monoisotopic (exact) mass is 279 g/mol. The van der Waals surface area contributed by atoms with E-state index in [-0.39, 0.29) is 11.8 Å². The molecule has 1 aromatic carbocycles. The summed E-state index contributed by atoms with van der Waals surface area (Å²) in [6.45, 7) is 6.29. The lowest BCUT2D eigenvalue weighted by atomic mass is 10.0. The first kappa shape index (κ1) is 14.8. The van der Waals surface area contributed by atoms with Crippen LogP contribution in [0.4, 0.5) is 9.18 Å². The fourth-order valence-corrected chi connectivity index (χ4v) is 2.66. The predicted octanol–water partition coefficient (Wildman–Crippen LogP) is 2.02. The minimum atomic E-state index is -0.335. The Morgan fingerprint density at radius 1 is 1.25 bits per heavy atom. The van der Waals surface area contributed by atoms with E-state index in [4.69, 9.17) is 5.73 Å². The lowest BCUT2D eigenvalue weighted by Gasteiger charge is -2.24. The van der Waals surface area contributed by atoms with Gasteiger partial charge in [0.05, 0.1) is 0 Å². The van der Waals surface area contributed by atoms with Crippen molar-refractivity contribution in [3.63, 3.8) is 0 Å². The molecule has 1 aliphatic rings. The Morgan fingerprint density at radius 2 is 1.95 bits per heavy atom. The van der Waals surface area contributed by atoms with E-state index in [0.29, 0.717) is 12.5 Å². The number of nitrogens with two attached hydrogens (primary N) is 1. The second-order valence-corrected chi connectivity index (χ2v) is 5.43. The average molecular weight is 279 g/mol. The third-order valence-electron chi connectivity index (χ3n) is 3.87. The quantitative estimate of drug-likeness (QED) is 0.920. The maximum absolute atomic E-state index is 12.9. The van der Waals surface area contributed by atoms with Gasteiger partial charge < -0.3 is 15.5 Å². The zero-order valence-corrected chi connectivity index (χ0v) is 11.9.